The molecule has 1 unspecified atom stereocenters. The zero-order valence-corrected chi connectivity index (χ0v) is 21.5. The lowest BCUT2D eigenvalue weighted by Crippen LogP contribution is -2.52. The molecule has 5 rings (SSSR count). The third kappa shape index (κ3) is 4.45. The third-order valence-electron chi connectivity index (χ3n) is 7.21. The molecule has 1 N–H and O–H groups in total. The highest BCUT2D eigenvalue weighted by Gasteiger charge is 2.60. The maximum Gasteiger partial charge on any atom is 0.244 e. The van der Waals surface area contributed by atoms with Crippen LogP contribution in [0.25, 0.3) is 0 Å². The Morgan fingerprint density at radius 1 is 1.16 bits per heavy atom. The summed E-state index contributed by atoms with van der Waals surface area (Å²) in [7, 11) is -4.20. The van der Waals surface area contributed by atoms with Gasteiger partial charge in [-0.2, -0.15) is 5.26 Å². The second-order valence-electron chi connectivity index (χ2n) is 9.70. The number of nitrogens with zero attached hydrogens (tertiary/aromatic N) is 3. The van der Waals surface area contributed by atoms with Gasteiger partial charge in [0.05, 0.1) is 37.4 Å². The molecule has 8 nitrogen and oxygen atoms in total. The molecule has 194 valence electrons. The lowest BCUT2D eigenvalue weighted by molar-refractivity contribution is -0.140. The van der Waals surface area contributed by atoms with Gasteiger partial charge in [-0.25, -0.2) is 17.2 Å². The van der Waals surface area contributed by atoms with Crippen LogP contribution in [0.2, 0.25) is 10.0 Å². The van der Waals surface area contributed by atoms with Crippen LogP contribution in [-0.2, 0) is 24.8 Å². The van der Waals surface area contributed by atoms with Crippen LogP contribution in [0.3, 0.4) is 0 Å². The maximum absolute atomic E-state index is 14.8. The molecule has 2 aromatic rings. The van der Waals surface area contributed by atoms with E-state index in [9.17, 15) is 32.0 Å². The van der Waals surface area contributed by atoms with Crippen molar-refractivity contribution in [1.29, 1.82) is 5.26 Å². The number of hydrogen-bond acceptors (Lipinski definition) is 6. The van der Waals surface area contributed by atoms with Crippen LogP contribution in [-0.4, -0.2) is 53.5 Å². The van der Waals surface area contributed by atoms with Gasteiger partial charge in [0.1, 0.15) is 23.2 Å². The summed E-state index contributed by atoms with van der Waals surface area (Å²) in [5, 5.41) is 10.5. The fourth-order valence-electron chi connectivity index (χ4n) is 4.81. The number of aromatic nitrogens is 1. The van der Waals surface area contributed by atoms with Crippen molar-refractivity contribution >= 4 is 44.9 Å². The van der Waals surface area contributed by atoms with E-state index in [-0.39, 0.29) is 46.4 Å². The molecule has 2 heterocycles. The van der Waals surface area contributed by atoms with Gasteiger partial charge in [-0.05, 0) is 56.4 Å². The minimum Gasteiger partial charge on any atom is -0.336 e. The lowest BCUT2D eigenvalue weighted by atomic mass is 9.98. The Morgan fingerprint density at radius 3 is 2.43 bits per heavy atom. The van der Waals surface area contributed by atoms with E-state index in [4.69, 9.17) is 23.2 Å². The van der Waals surface area contributed by atoms with Crippen LogP contribution in [0.1, 0.15) is 37.8 Å². The molecule has 1 aromatic heterocycles. The van der Waals surface area contributed by atoms with Crippen molar-refractivity contribution in [3.8, 4) is 6.07 Å². The molecule has 0 spiro atoms. The van der Waals surface area contributed by atoms with Crippen LogP contribution in [0.5, 0.6) is 0 Å². The molecule has 2 aliphatic carbocycles. The van der Waals surface area contributed by atoms with Gasteiger partial charge in [-0.3, -0.25) is 14.6 Å². The van der Waals surface area contributed by atoms with Gasteiger partial charge in [0, 0.05) is 12.7 Å². The monoisotopic (exact) mass is 568 g/mol. The van der Waals surface area contributed by atoms with E-state index >= 15 is 0 Å². The first-order chi connectivity index (χ1) is 17.4. The zero-order chi connectivity index (χ0) is 26.8. The number of rotatable bonds is 6. The van der Waals surface area contributed by atoms with Gasteiger partial charge in [0.25, 0.3) is 0 Å². The van der Waals surface area contributed by atoms with Crippen molar-refractivity contribution < 1.29 is 26.8 Å². The quantitative estimate of drug-likeness (QED) is 0.534. The molecule has 2 amide bonds. The SMILES string of the molecule is N#CC1(NC(=O)[C@@H]2CC(S(=O)(=O)c3ccc(F)cc3Cl)CN2C(=O)C2(c3ncc(Cl)cc3F)CC2)CC1. The highest BCUT2D eigenvalue weighted by Crippen LogP contribution is 2.51. The molecule has 0 bridgehead atoms. The predicted molar refractivity (Wildman–Crippen MR) is 128 cm³/mol. The smallest absolute Gasteiger partial charge is 0.244 e. The average molecular weight is 569 g/mol. The number of nitrogens with one attached hydrogen (secondary N) is 1. The van der Waals surface area contributed by atoms with Crippen molar-refractivity contribution in [2.75, 3.05) is 6.54 Å². The van der Waals surface area contributed by atoms with Gasteiger partial charge in [0.2, 0.25) is 11.8 Å². The Kier molecular flexibility index (Phi) is 6.21. The van der Waals surface area contributed by atoms with Crippen molar-refractivity contribution in [1.82, 2.24) is 15.2 Å². The zero-order valence-electron chi connectivity index (χ0n) is 19.2. The molecule has 3 fully saturated rings. The minimum absolute atomic E-state index is 0.0523. The van der Waals surface area contributed by atoms with Crippen LogP contribution in [0, 0.1) is 23.0 Å². The molecular formula is C24H20Cl2F2N4O4S. The Labute approximate surface area is 221 Å². The molecule has 1 aromatic carbocycles. The van der Waals surface area contributed by atoms with Gasteiger partial charge >= 0.3 is 0 Å². The van der Waals surface area contributed by atoms with Crippen LogP contribution in [0.15, 0.2) is 35.4 Å². The second kappa shape index (κ2) is 8.89. The number of carbonyl (C=O) groups is 2. The summed E-state index contributed by atoms with van der Waals surface area (Å²) in [6, 6.07) is 4.71. The number of halogens is 4. The highest BCUT2D eigenvalue weighted by atomic mass is 35.5. The normalized spacial score (nSPS) is 23.3. The van der Waals surface area contributed by atoms with Crippen LogP contribution >= 0.6 is 23.2 Å². The summed E-state index contributed by atoms with van der Waals surface area (Å²) in [4.78, 5) is 31.9. The first-order valence-corrected chi connectivity index (χ1v) is 13.8. The van der Waals surface area contributed by atoms with E-state index in [0.717, 1.165) is 29.2 Å². The molecule has 13 heteroatoms. The van der Waals surface area contributed by atoms with E-state index in [1.807, 2.05) is 6.07 Å². The number of hydrogen-bond donors (Lipinski definition) is 1. The molecule has 2 saturated carbocycles. The molecule has 2 atom stereocenters. The molecule has 1 saturated heterocycles. The summed E-state index contributed by atoms with van der Waals surface area (Å²) >= 11 is 11.8. The first-order valence-electron chi connectivity index (χ1n) is 11.5. The van der Waals surface area contributed by atoms with E-state index in [0.29, 0.717) is 12.8 Å². The van der Waals surface area contributed by atoms with Crippen LogP contribution in [0.4, 0.5) is 8.78 Å². The number of benzene rings is 1. The third-order valence-corrected chi connectivity index (χ3v) is 10.0. The van der Waals surface area contributed by atoms with E-state index in [1.54, 1.807) is 0 Å². The fourth-order valence-corrected chi connectivity index (χ4v) is 7.18. The Balaban J connectivity index is 1.50. The molecule has 37 heavy (non-hydrogen) atoms. The van der Waals surface area contributed by atoms with E-state index in [2.05, 4.69) is 10.3 Å². The first kappa shape index (κ1) is 25.8. The molecule has 0 radical (unpaired) electrons. The summed E-state index contributed by atoms with van der Waals surface area (Å²) in [6.07, 6.45) is 2.33. The Morgan fingerprint density at radius 2 is 1.86 bits per heavy atom. The second-order valence-corrected chi connectivity index (χ2v) is 12.7. The van der Waals surface area contributed by atoms with Crippen molar-refractivity contribution in [2.24, 2.45) is 0 Å². The topological polar surface area (TPSA) is 120 Å². The average Bonchev–Trinajstić information content (AvgIpc) is 3.75. The number of amides is 2. The van der Waals surface area contributed by atoms with Gasteiger partial charge in [-0.15, -0.1) is 0 Å². The summed E-state index contributed by atoms with van der Waals surface area (Å²) in [6.45, 7) is -0.372. The Hall–Kier alpha value is -2.81. The number of pyridine rings is 1. The molecule has 3 aliphatic rings. The van der Waals surface area contributed by atoms with Gasteiger partial charge < -0.3 is 10.2 Å². The van der Waals surface area contributed by atoms with Gasteiger partial charge in [-0.1, -0.05) is 23.2 Å². The number of sulfone groups is 1. The predicted octanol–water partition coefficient (Wildman–Crippen LogP) is 3.31. The van der Waals surface area contributed by atoms with E-state index in [1.165, 1.54) is 6.20 Å². The number of likely N-dealkylation sites (tertiary alicyclic amines) is 1. The Bertz CT molecular complexity index is 1470. The van der Waals surface area contributed by atoms with Crippen molar-refractivity contribution in [3.05, 3.63) is 57.8 Å². The van der Waals surface area contributed by atoms with Crippen molar-refractivity contribution in [2.45, 2.75) is 59.2 Å². The van der Waals surface area contributed by atoms with Crippen LogP contribution < -0.4 is 5.32 Å². The standard InChI is InChI=1S/C24H20Cl2F2N4O4S/c25-13-7-17(28)20(30-10-13)24(5-6-24)22(34)32-11-15(9-18(32)21(33)31-23(12-29)3-4-23)37(35,36)19-2-1-14(27)8-16(19)26/h1-2,7-8,10,15,18H,3-6,9,11H2,(H,31,33)/t15?,18-/m0/s1. The lowest BCUT2D eigenvalue weighted by Gasteiger charge is -2.28. The number of nitriles is 1. The van der Waals surface area contributed by atoms with Gasteiger partial charge in [0.15, 0.2) is 9.84 Å². The maximum atomic E-state index is 14.8. The largest absolute Gasteiger partial charge is 0.336 e. The summed E-state index contributed by atoms with van der Waals surface area (Å²) < 4.78 is 55.2. The molecular weight excluding hydrogens is 549 g/mol. The fraction of sp³-hybridized carbons (Fsp3) is 0.417. The molecule has 1 aliphatic heterocycles. The van der Waals surface area contributed by atoms with E-state index < -0.39 is 55.5 Å². The minimum atomic E-state index is -4.20. The van der Waals surface area contributed by atoms with Crippen molar-refractivity contribution in [3.63, 3.8) is 0 Å². The summed E-state index contributed by atoms with van der Waals surface area (Å²) in [5.41, 5.74) is -2.53. The number of carbonyl (C=O) groups excluding carboxylic acids is 2. The summed E-state index contributed by atoms with van der Waals surface area (Å²) in [5.74, 6) is -2.80. The highest BCUT2D eigenvalue weighted by molar-refractivity contribution is 7.92.